The van der Waals surface area contributed by atoms with Crippen LogP contribution < -0.4 is 0 Å². The number of aliphatic hydroxyl groups is 1. The minimum absolute atomic E-state index is 0.0528. The van der Waals surface area contributed by atoms with Gasteiger partial charge in [-0.3, -0.25) is 4.18 Å². The SMILES string of the molecule is Cc1ccc(S(=O)(=O)OCC(CO)Cc2ccc(Br)cc2)cc1. The van der Waals surface area contributed by atoms with Crippen LogP contribution in [0, 0.1) is 12.8 Å². The zero-order valence-electron chi connectivity index (χ0n) is 12.8. The second-order valence-corrected chi connectivity index (χ2v) is 7.96. The maximum Gasteiger partial charge on any atom is 0.296 e. The predicted molar refractivity (Wildman–Crippen MR) is 92.7 cm³/mol. The number of benzene rings is 2. The van der Waals surface area contributed by atoms with Crippen molar-refractivity contribution in [3.63, 3.8) is 0 Å². The fraction of sp³-hybridized carbons (Fsp3) is 0.294. The van der Waals surface area contributed by atoms with E-state index in [-0.39, 0.29) is 24.0 Å². The number of rotatable bonds is 7. The summed E-state index contributed by atoms with van der Waals surface area (Å²) in [6.07, 6.45) is 0.549. The van der Waals surface area contributed by atoms with Crippen LogP contribution in [0.15, 0.2) is 57.9 Å². The lowest BCUT2D eigenvalue weighted by atomic mass is 10.0. The molecule has 23 heavy (non-hydrogen) atoms. The van der Waals surface area contributed by atoms with Gasteiger partial charge in [-0.1, -0.05) is 45.8 Å². The van der Waals surface area contributed by atoms with Gasteiger partial charge in [-0.2, -0.15) is 8.42 Å². The van der Waals surface area contributed by atoms with Crippen molar-refractivity contribution in [1.82, 2.24) is 0 Å². The summed E-state index contributed by atoms with van der Waals surface area (Å²) in [5.74, 6) is -0.281. The molecule has 2 aromatic rings. The molecule has 0 bridgehead atoms. The molecule has 0 aliphatic carbocycles. The fourth-order valence-corrected chi connectivity index (χ4v) is 3.33. The predicted octanol–water partition coefficient (Wildman–Crippen LogP) is 3.31. The first-order valence-electron chi connectivity index (χ1n) is 7.22. The van der Waals surface area contributed by atoms with Gasteiger partial charge < -0.3 is 5.11 Å². The molecule has 6 heteroatoms. The molecule has 2 rings (SSSR count). The van der Waals surface area contributed by atoms with Gasteiger partial charge in [0.25, 0.3) is 10.1 Å². The Bertz CT molecular complexity index is 724. The van der Waals surface area contributed by atoms with Crippen LogP contribution in [0.3, 0.4) is 0 Å². The van der Waals surface area contributed by atoms with Crippen molar-refractivity contribution >= 4 is 26.0 Å². The molecule has 0 aliphatic heterocycles. The third kappa shape index (κ3) is 5.42. The summed E-state index contributed by atoms with van der Waals surface area (Å²) in [6.45, 7) is 1.69. The smallest absolute Gasteiger partial charge is 0.296 e. The van der Waals surface area contributed by atoms with E-state index in [4.69, 9.17) is 4.18 Å². The van der Waals surface area contributed by atoms with E-state index in [1.165, 1.54) is 12.1 Å². The number of aryl methyl sites for hydroxylation is 1. The fourth-order valence-electron chi connectivity index (χ4n) is 2.09. The highest BCUT2D eigenvalue weighted by Crippen LogP contribution is 2.17. The molecule has 2 aromatic carbocycles. The van der Waals surface area contributed by atoms with Crippen LogP contribution in [0.4, 0.5) is 0 Å². The Morgan fingerprint density at radius 3 is 2.26 bits per heavy atom. The van der Waals surface area contributed by atoms with Gasteiger partial charge in [-0.15, -0.1) is 0 Å². The third-order valence-electron chi connectivity index (χ3n) is 3.46. The molecule has 0 aromatic heterocycles. The van der Waals surface area contributed by atoms with E-state index >= 15 is 0 Å². The Labute approximate surface area is 145 Å². The average molecular weight is 399 g/mol. The number of aliphatic hydroxyl groups excluding tert-OH is 1. The lowest BCUT2D eigenvalue weighted by Gasteiger charge is -2.14. The molecule has 124 valence electrons. The molecule has 0 spiro atoms. The van der Waals surface area contributed by atoms with E-state index in [0.29, 0.717) is 6.42 Å². The van der Waals surface area contributed by atoms with E-state index in [1.54, 1.807) is 12.1 Å². The lowest BCUT2D eigenvalue weighted by Crippen LogP contribution is -2.20. The summed E-state index contributed by atoms with van der Waals surface area (Å²) < 4.78 is 30.4. The minimum atomic E-state index is -3.80. The molecular formula is C17H19BrO4S. The Balaban J connectivity index is 1.99. The van der Waals surface area contributed by atoms with E-state index in [9.17, 15) is 13.5 Å². The summed E-state index contributed by atoms with van der Waals surface area (Å²) in [4.78, 5) is 0.128. The first-order chi connectivity index (χ1) is 10.9. The van der Waals surface area contributed by atoms with Gasteiger partial charge in [0, 0.05) is 17.0 Å². The molecule has 0 fully saturated rings. The zero-order chi connectivity index (χ0) is 16.9. The van der Waals surface area contributed by atoms with Gasteiger partial charge in [0.2, 0.25) is 0 Å². The van der Waals surface area contributed by atoms with Crippen molar-refractivity contribution < 1.29 is 17.7 Å². The molecule has 0 heterocycles. The molecular weight excluding hydrogens is 380 g/mol. The summed E-state index contributed by atoms with van der Waals surface area (Å²) in [5, 5.41) is 9.46. The van der Waals surface area contributed by atoms with E-state index in [1.807, 2.05) is 31.2 Å². The molecule has 0 aliphatic rings. The van der Waals surface area contributed by atoms with Gasteiger partial charge in [0.1, 0.15) is 0 Å². The van der Waals surface area contributed by atoms with Crippen LogP contribution in [-0.2, 0) is 20.7 Å². The lowest BCUT2D eigenvalue weighted by molar-refractivity contribution is 0.166. The zero-order valence-corrected chi connectivity index (χ0v) is 15.2. The number of halogens is 1. The Kier molecular flexibility index (Phi) is 6.35. The van der Waals surface area contributed by atoms with Gasteiger partial charge in [-0.05, 0) is 43.2 Å². The van der Waals surface area contributed by atoms with Crippen molar-refractivity contribution in [3.8, 4) is 0 Å². The van der Waals surface area contributed by atoms with E-state index in [2.05, 4.69) is 15.9 Å². The third-order valence-corrected chi connectivity index (χ3v) is 5.29. The van der Waals surface area contributed by atoms with Gasteiger partial charge in [0.05, 0.1) is 11.5 Å². The van der Waals surface area contributed by atoms with Crippen LogP contribution >= 0.6 is 15.9 Å². The normalized spacial score (nSPS) is 13.0. The molecule has 1 unspecified atom stereocenters. The van der Waals surface area contributed by atoms with Crippen molar-refractivity contribution in [1.29, 1.82) is 0 Å². The van der Waals surface area contributed by atoms with Crippen molar-refractivity contribution in [3.05, 3.63) is 64.1 Å². The highest BCUT2D eigenvalue weighted by atomic mass is 79.9. The molecule has 1 atom stereocenters. The van der Waals surface area contributed by atoms with Crippen LogP contribution in [-0.4, -0.2) is 26.7 Å². The second-order valence-electron chi connectivity index (χ2n) is 5.43. The maximum absolute atomic E-state index is 12.2. The van der Waals surface area contributed by atoms with Crippen molar-refractivity contribution in [2.75, 3.05) is 13.2 Å². The van der Waals surface area contributed by atoms with Gasteiger partial charge >= 0.3 is 0 Å². The van der Waals surface area contributed by atoms with Crippen LogP contribution in [0.25, 0.3) is 0 Å². The number of hydrogen-bond donors (Lipinski definition) is 1. The Morgan fingerprint density at radius 2 is 1.70 bits per heavy atom. The van der Waals surface area contributed by atoms with Crippen molar-refractivity contribution in [2.45, 2.75) is 18.2 Å². The highest BCUT2D eigenvalue weighted by molar-refractivity contribution is 9.10. The average Bonchev–Trinajstić information content (AvgIpc) is 2.53. The standard InChI is InChI=1S/C17H19BrO4S/c1-13-2-8-17(9-3-13)23(20,21)22-12-15(11-19)10-14-4-6-16(18)7-5-14/h2-9,15,19H,10-12H2,1H3. The van der Waals surface area contributed by atoms with Gasteiger partial charge in [-0.25, -0.2) is 0 Å². The van der Waals surface area contributed by atoms with E-state index in [0.717, 1.165) is 15.6 Å². The van der Waals surface area contributed by atoms with E-state index < -0.39 is 10.1 Å². The highest BCUT2D eigenvalue weighted by Gasteiger charge is 2.18. The van der Waals surface area contributed by atoms with Crippen LogP contribution in [0.2, 0.25) is 0 Å². The maximum atomic E-state index is 12.2. The molecule has 0 saturated heterocycles. The topological polar surface area (TPSA) is 63.6 Å². The molecule has 1 N–H and O–H groups in total. The largest absolute Gasteiger partial charge is 0.396 e. The molecule has 0 amide bonds. The summed E-state index contributed by atoms with van der Waals surface area (Å²) in [6, 6.07) is 14.2. The quantitative estimate of drug-likeness (QED) is 0.726. The molecule has 0 radical (unpaired) electrons. The minimum Gasteiger partial charge on any atom is -0.396 e. The number of hydrogen-bond acceptors (Lipinski definition) is 4. The second kappa shape index (κ2) is 8.06. The first-order valence-corrected chi connectivity index (χ1v) is 9.42. The monoisotopic (exact) mass is 398 g/mol. The van der Waals surface area contributed by atoms with Gasteiger partial charge in [0.15, 0.2) is 0 Å². The van der Waals surface area contributed by atoms with Crippen LogP contribution in [0.1, 0.15) is 11.1 Å². The van der Waals surface area contributed by atoms with Crippen molar-refractivity contribution in [2.24, 2.45) is 5.92 Å². The Hall–Kier alpha value is -1.21. The first kappa shape index (κ1) is 18.1. The molecule has 4 nitrogen and oxygen atoms in total. The summed E-state index contributed by atoms with van der Waals surface area (Å²) in [7, 11) is -3.80. The summed E-state index contributed by atoms with van der Waals surface area (Å²) in [5.41, 5.74) is 2.00. The summed E-state index contributed by atoms with van der Waals surface area (Å²) >= 11 is 3.36. The van der Waals surface area contributed by atoms with Crippen LogP contribution in [0.5, 0.6) is 0 Å². The Morgan fingerprint density at radius 1 is 1.09 bits per heavy atom. The molecule has 0 saturated carbocycles.